The van der Waals surface area contributed by atoms with Gasteiger partial charge in [-0.2, -0.15) is 5.10 Å². The summed E-state index contributed by atoms with van der Waals surface area (Å²) in [7, 11) is -0.497. The van der Waals surface area contributed by atoms with Gasteiger partial charge in [0.15, 0.2) is 0 Å². The van der Waals surface area contributed by atoms with E-state index in [2.05, 4.69) is 10.4 Å². The molecule has 1 atom stereocenters. The highest BCUT2D eigenvalue weighted by Gasteiger charge is 2.21. The molecule has 0 aliphatic rings. The minimum Gasteiger partial charge on any atom is -0.345 e. The molecule has 0 aliphatic heterocycles. The molecule has 2 aromatic carbocycles. The predicted octanol–water partition coefficient (Wildman–Crippen LogP) is 3.48. The average molecular weight is 441 g/mol. The molecule has 7 nitrogen and oxygen atoms in total. The third-order valence-corrected chi connectivity index (χ3v) is 7.06. The fourth-order valence-electron chi connectivity index (χ4n) is 3.31. The van der Waals surface area contributed by atoms with E-state index in [9.17, 15) is 13.2 Å². The van der Waals surface area contributed by atoms with Crippen LogP contribution in [0.25, 0.3) is 5.69 Å². The molecule has 1 heterocycles. The molecule has 164 valence electrons. The van der Waals surface area contributed by atoms with Gasteiger partial charge in [0.2, 0.25) is 10.0 Å². The van der Waals surface area contributed by atoms with Crippen LogP contribution in [0.4, 0.5) is 0 Å². The number of nitrogens with zero attached hydrogens (tertiary/aromatic N) is 3. The summed E-state index contributed by atoms with van der Waals surface area (Å²) in [5.74, 6) is -0.215. The second-order valence-electron chi connectivity index (χ2n) is 7.66. The minimum absolute atomic E-state index is 0.215. The van der Waals surface area contributed by atoms with E-state index in [1.54, 1.807) is 35.1 Å². The number of hydrogen-bond acceptors (Lipinski definition) is 4. The normalized spacial score (nSPS) is 12.7. The highest BCUT2D eigenvalue weighted by Crippen LogP contribution is 2.20. The van der Waals surface area contributed by atoms with Gasteiger partial charge in [-0.25, -0.2) is 17.4 Å². The van der Waals surface area contributed by atoms with Crippen LogP contribution in [0, 0.1) is 6.92 Å². The van der Waals surface area contributed by atoms with Gasteiger partial charge < -0.3 is 5.32 Å². The van der Waals surface area contributed by atoms with Crippen molar-refractivity contribution in [3.05, 3.63) is 77.1 Å². The minimum atomic E-state index is -3.49. The number of carbonyl (C=O) groups is 1. The molecule has 3 aromatic rings. The van der Waals surface area contributed by atoms with Crippen molar-refractivity contribution in [3.8, 4) is 5.69 Å². The number of aromatic nitrogens is 2. The second-order valence-corrected chi connectivity index (χ2v) is 9.81. The van der Waals surface area contributed by atoms with Crippen LogP contribution in [0.3, 0.4) is 0 Å². The van der Waals surface area contributed by atoms with Gasteiger partial charge in [0.25, 0.3) is 5.91 Å². The van der Waals surface area contributed by atoms with Gasteiger partial charge in [-0.05, 0) is 50.1 Å². The van der Waals surface area contributed by atoms with Crippen LogP contribution in [0.2, 0.25) is 0 Å². The first kappa shape index (κ1) is 22.7. The summed E-state index contributed by atoms with van der Waals surface area (Å²) >= 11 is 0. The van der Waals surface area contributed by atoms with E-state index < -0.39 is 10.0 Å². The number of carbonyl (C=O) groups excluding carboxylic acids is 1. The zero-order valence-corrected chi connectivity index (χ0v) is 19.3. The maximum Gasteiger partial charge on any atom is 0.255 e. The van der Waals surface area contributed by atoms with Crippen LogP contribution in [-0.2, 0) is 16.4 Å². The van der Waals surface area contributed by atoms with E-state index in [1.807, 2.05) is 45.0 Å². The number of aryl methyl sites for hydroxylation is 1. The summed E-state index contributed by atoms with van der Waals surface area (Å²) in [6.07, 6.45) is 2.25. The van der Waals surface area contributed by atoms with E-state index in [1.165, 1.54) is 18.4 Å². The Balaban J connectivity index is 1.79. The molecular weight excluding hydrogens is 412 g/mol. The first-order valence-corrected chi connectivity index (χ1v) is 11.6. The van der Waals surface area contributed by atoms with Crippen molar-refractivity contribution < 1.29 is 13.2 Å². The van der Waals surface area contributed by atoms with Gasteiger partial charge in [0.05, 0.1) is 34.1 Å². The summed E-state index contributed by atoms with van der Waals surface area (Å²) in [5, 5.41) is 7.42. The van der Waals surface area contributed by atoms with Gasteiger partial charge in [-0.3, -0.25) is 4.79 Å². The Kier molecular flexibility index (Phi) is 6.62. The van der Waals surface area contributed by atoms with Gasteiger partial charge in [0, 0.05) is 14.1 Å². The first-order valence-electron chi connectivity index (χ1n) is 10.1. The van der Waals surface area contributed by atoms with Crippen LogP contribution >= 0.6 is 0 Å². The van der Waals surface area contributed by atoms with Crippen molar-refractivity contribution in [2.75, 3.05) is 14.1 Å². The molecule has 31 heavy (non-hydrogen) atoms. The van der Waals surface area contributed by atoms with Crippen molar-refractivity contribution in [1.29, 1.82) is 0 Å². The topological polar surface area (TPSA) is 84.3 Å². The lowest BCUT2D eigenvalue weighted by atomic mass is 10.1. The third-order valence-electron chi connectivity index (χ3n) is 5.23. The summed E-state index contributed by atoms with van der Waals surface area (Å²) in [4.78, 5) is 13.2. The Morgan fingerprint density at radius 3 is 2.26 bits per heavy atom. The van der Waals surface area contributed by atoms with Crippen LogP contribution < -0.4 is 5.32 Å². The first-order chi connectivity index (χ1) is 14.6. The van der Waals surface area contributed by atoms with Gasteiger partial charge >= 0.3 is 0 Å². The van der Waals surface area contributed by atoms with Crippen LogP contribution in [0.5, 0.6) is 0 Å². The molecule has 1 aromatic heterocycles. The molecule has 0 saturated heterocycles. The van der Waals surface area contributed by atoms with Crippen LogP contribution in [0.15, 0.2) is 59.6 Å². The highest BCUT2D eigenvalue weighted by atomic mass is 32.2. The highest BCUT2D eigenvalue weighted by molar-refractivity contribution is 7.89. The Hall–Kier alpha value is -2.97. The van der Waals surface area contributed by atoms with Gasteiger partial charge in [-0.15, -0.1) is 0 Å². The lowest BCUT2D eigenvalue weighted by Gasteiger charge is -2.16. The van der Waals surface area contributed by atoms with Crippen molar-refractivity contribution in [2.24, 2.45) is 0 Å². The number of hydrogen-bond donors (Lipinski definition) is 1. The summed E-state index contributed by atoms with van der Waals surface area (Å²) in [5.41, 5.74) is 4.25. The lowest BCUT2D eigenvalue weighted by Crippen LogP contribution is -2.27. The predicted molar refractivity (Wildman–Crippen MR) is 121 cm³/mol. The number of nitrogens with one attached hydrogen (secondary N) is 1. The third kappa shape index (κ3) is 4.70. The van der Waals surface area contributed by atoms with Crippen molar-refractivity contribution in [3.63, 3.8) is 0 Å². The zero-order valence-electron chi connectivity index (χ0n) is 18.5. The smallest absolute Gasteiger partial charge is 0.255 e. The number of rotatable bonds is 7. The molecule has 0 bridgehead atoms. The molecule has 0 spiro atoms. The quantitative estimate of drug-likeness (QED) is 0.610. The maximum absolute atomic E-state index is 13.0. The second kappa shape index (κ2) is 9.03. The molecule has 0 fully saturated rings. The Bertz CT molecular complexity index is 1160. The van der Waals surface area contributed by atoms with Crippen molar-refractivity contribution in [1.82, 2.24) is 19.4 Å². The van der Waals surface area contributed by atoms with E-state index in [0.29, 0.717) is 12.0 Å². The molecule has 0 saturated carbocycles. The fourth-order valence-corrected chi connectivity index (χ4v) is 4.21. The molecule has 1 unspecified atom stereocenters. The molecular formula is C23H28N4O3S. The maximum atomic E-state index is 13.0. The number of amides is 1. The van der Waals surface area contributed by atoms with E-state index in [0.717, 1.165) is 22.5 Å². The van der Waals surface area contributed by atoms with E-state index >= 15 is 0 Å². The summed E-state index contributed by atoms with van der Waals surface area (Å²) < 4.78 is 27.4. The van der Waals surface area contributed by atoms with Crippen LogP contribution in [0.1, 0.15) is 47.1 Å². The monoisotopic (exact) mass is 440 g/mol. The lowest BCUT2D eigenvalue weighted by molar-refractivity contribution is 0.0939. The summed E-state index contributed by atoms with van der Waals surface area (Å²) in [6, 6.07) is 14.2. The van der Waals surface area contributed by atoms with Gasteiger partial charge in [-0.1, -0.05) is 36.8 Å². The Morgan fingerprint density at radius 1 is 1.10 bits per heavy atom. The Labute approximate surface area is 183 Å². The Morgan fingerprint density at radius 2 is 1.71 bits per heavy atom. The molecule has 1 amide bonds. The van der Waals surface area contributed by atoms with Crippen LogP contribution in [-0.4, -0.2) is 42.5 Å². The molecule has 3 rings (SSSR count). The molecule has 0 aliphatic carbocycles. The number of benzene rings is 2. The largest absolute Gasteiger partial charge is 0.345 e. The van der Waals surface area contributed by atoms with E-state index in [4.69, 9.17) is 0 Å². The average Bonchev–Trinajstić information content (AvgIpc) is 3.18. The molecule has 0 radical (unpaired) electrons. The van der Waals surface area contributed by atoms with Crippen molar-refractivity contribution in [2.45, 2.75) is 38.1 Å². The fraction of sp³-hybridized carbons (Fsp3) is 0.304. The van der Waals surface area contributed by atoms with Crippen molar-refractivity contribution >= 4 is 15.9 Å². The SMILES string of the molecule is CCc1c(C(=O)NC(C)c2ccc(S(=O)(=O)N(C)C)cc2)cnn1-c1ccc(C)cc1. The molecule has 1 N–H and O–H groups in total. The van der Waals surface area contributed by atoms with Gasteiger partial charge in [0.1, 0.15) is 0 Å². The molecule has 8 heteroatoms. The number of sulfonamides is 1. The standard InChI is InChI=1S/C23H28N4O3S/c1-6-22-21(15-24-27(22)19-11-7-16(2)8-12-19)23(28)25-17(3)18-9-13-20(14-10-18)31(29,30)26(4)5/h7-15,17H,6H2,1-5H3,(H,25,28). The zero-order chi connectivity index (χ0) is 22.8. The summed E-state index contributed by atoms with van der Waals surface area (Å²) in [6.45, 7) is 5.88. The van der Waals surface area contributed by atoms with E-state index in [-0.39, 0.29) is 16.8 Å².